The van der Waals surface area contributed by atoms with Gasteiger partial charge in [-0.2, -0.15) is 5.09 Å². The predicted octanol–water partition coefficient (Wildman–Crippen LogP) is 2.01. The monoisotopic (exact) mass is 588 g/mol. The van der Waals surface area contributed by atoms with Crippen molar-refractivity contribution in [3.8, 4) is 5.75 Å². The number of hydrogen-bond donors (Lipinski definition) is 5. The molecular weight excluding hydrogens is 555 g/mol. The summed E-state index contributed by atoms with van der Waals surface area (Å²) in [6.45, 7) is 1.82. The van der Waals surface area contributed by atoms with Gasteiger partial charge < -0.3 is 34.6 Å². The van der Waals surface area contributed by atoms with Crippen LogP contribution in [0.3, 0.4) is 0 Å². The second-order valence-corrected chi connectivity index (χ2v) is 11.2. The quantitative estimate of drug-likeness (QED) is 0.164. The minimum Gasteiger partial charge on any atom is -0.460 e. The van der Waals surface area contributed by atoms with E-state index in [2.05, 4.69) is 10.4 Å². The first-order chi connectivity index (χ1) is 19.6. The number of aliphatic hydroxyl groups is 3. The Morgan fingerprint density at radius 3 is 2.41 bits per heavy atom. The zero-order valence-electron chi connectivity index (χ0n) is 22.5. The number of hydrogen-bond acceptors (Lipinski definition) is 10. The number of carbonyl (C=O) groups is 2. The van der Waals surface area contributed by atoms with Crippen LogP contribution >= 0.6 is 7.75 Å². The van der Waals surface area contributed by atoms with Crippen molar-refractivity contribution in [3.63, 3.8) is 0 Å². The molecule has 4 rings (SSSR count). The van der Waals surface area contributed by atoms with Crippen LogP contribution in [-0.2, 0) is 34.8 Å². The molecule has 1 fully saturated rings. The number of benzene rings is 3. The molecular formula is C28H33N2O10P. The molecule has 7 atom stereocenters. The van der Waals surface area contributed by atoms with Crippen LogP contribution < -0.4 is 14.9 Å². The summed E-state index contributed by atoms with van der Waals surface area (Å²) in [5.74, 6) is -1.23. The zero-order chi connectivity index (χ0) is 29.6. The molecule has 1 amide bonds. The molecule has 3 aromatic carbocycles. The maximum absolute atomic E-state index is 14.4. The van der Waals surface area contributed by atoms with Gasteiger partial charge in [0.15, 0.2) is 6.29 Å². The summed E-state index contributed by atoms with van der Waals surface area (Å²) in [4.78, 5) is 24.7. The molecule has 0 aromatic heterocycles. The summed E-state index contributed by atoms with van der Waals surface area (Å²) < 4.78 is 36.7. The molecule has 41 heavy (non-hydrogen) atoms. The second kappa shape index (κ2) is 13.5. The number of amides is 1. The molecule has 13 heteroatoms. The van der Waals surface area contributed by atoms with Crippen LogP contribution in [-0.4, -0.2) is 70.5 Å². The van der Waals surface area contributed by atoms with E-state index < -0.39 is 62.9 Å². The topological polar surface area (TPSA) is 173 Å². The molecule has 1 aliphatic heterocycles. The van der Waals surface area contributed by atoms with Gasteiger partial charge in [0, 0.05) is 12.3 Å². The fraction of sp³-hybridized carbons (Fsp3) is 0.357. The maximum Gasteiger partial charge on any atom is 0.459 e. The fourth-order valence-corrected chi connectivity index (χ4v) is 6.12. The molecule has 1 heterocycles. The third kappa shape index (κ3) is 7.69. The highest BCUT2D eigenvalue weighted by Crippen LogP contribution is 2.49. The SMILES string of the molecule is CC(=O)N[C@@H]1[C@@H](OP(=O)(NC(C)C(=O)OCc2ccccc2)Oc2cccc3ccccc23)[C@H](O)[C@@H](CO)O[C@@H]1O. The van der Waals surface area contributed by atoms with E-state index in [4.69, 9.17) is 18.5 Å². The Morgan fingerprint density at radius 1 is 1.02 bits per heavy atom. The van der Waals surface area contributed by atoms with Crippen LogP contribution in [0.15, 0.2) is 72.8 Å². The number of fused-ring (bicyclic) bond motifs is 1. The molecule has 220 valence electrons. The highest BCUT2D eigenvalue weighted by Gasteiger charge is 2.50. The van der Waals surface area contributed by atoms with Crippen molar-refractivity contribution in [2.45, 2.75) is 57.1 Å². The van der Waals surface area contributed by atoms with Gasteiger partial charge in [0.25, 0.3) is 0 Å². The smallest absolute Gasteiger partial charge is 0.459 e. The highest BCUT2D eigenvalue weighted by molar-refractivity contribution is 7.52. The van der Waals surface area contributed by atoms with E-state index >= 15 is 0 Å². The van der Waals surface area contributed by atoms with E-state index in [9.17, 15) is 29.5 Å². The lowest BCUT2D eigenvalue weighted by molar-refractivity contribution is -0.250. The van der Waals surface area contributed by atoms with Gasteiger partial charge in [0.05, 0.1) is 6.61 Å². The lowest BCUT2D eigenvalue weighted by Gasteiger charge is -2.43. The molecule has 5 N–H and O–H groups in total. The van der Waals surface area contributed by atoms with Gasteiger partial charge in [-0.15, -0.1) is 0 Å². The summed E-state index contributed by atoms with van der Waals surface area (Å²) in [5.41, 5.74) is 0.743. The van der Waals surface area contributed by atoms with E-state index in [0.717, 1.165) is 10.9 Å². The minimum atomic E-state index is -4.61. The van der Waals surface area contributed by atoms with Crippen molar-refractivity contribution in [2.75, 3.05) is 6.61 Å². The molecule has 0 spiro atoms. The van der Waals surface area contributed by atoms with Gasteiger partial charge in [0.2, 0.25) is 5.91 Å². The Bertz CT molecular complexity index is 1390. The van der Waals surface area contributed by atoms with Crippen molar-refractivity contribution < 1.29 is 48.0 Å². The standard InChI is InChI=1S/C28H33N2O10P/c1-17(27(34)37-16-19-9-4-3-5-10-19)30-41(36,39-22-14-8-12-20-11-6-7-13-21(20)22)40-26-24(29-18(2)32)28(35)38-23(15-31)25(26)33/h3-14,17,23-26,28,31,33,35H,15-16H2,1-2H3,(H,29,32)(H,30,36)/t17?,23-,24-,25-,26-,28+,41?/m1/s1. The lowest BCUT2D eigenvalue weighted by atomic mass is 9.97. The average Bonchev–Trinajstić information content (AvgIpc) is 2.96. The largest absolute Gasteiger partial charge is 0.460 e. The average molecular weight is 589 g/mol. The van der Waals surface area contributed by atoms with Crippen molar-refractivity contribution >= 4 is 30.4 Å². The summed E-state index contributed by atoms with van der Waals surface area (Å²) >= 11 is 0. The van der Waals surface area contributed by atoms with Crippen molar-refractivity contribution in [2.24, 2.45) is 0 Å². The molecule has 1 aliphatic rings. The minimum absolute atomic E-state index is 0.0330. The molecule has 0 bridgehead atoms. The van der Waals surface area contributed by atoms with Crippen LogP contribution in [0.2, 0.25) is 0 Å². The molecule has 3 aromatic rings. The van der Waals surface area contributed by atoms with Gasteiger partial charge in [-0.1, -0.05) is 66.7 Å². The number of aliphatic hydroxyl groups excluding tert-OH is 3. The summed E-state index contributed by atoms with van der Waals surface area (Å²) in [6, 6.07) is 18.5. The van der Waals surface area contributed by atoms with Gasteiger partial charge >= 0.3 is 13.7 Å². The van der Waals surface area contributed by atoms with Gasteiger partial charge in [-0.05, 0) is 23.9 Å². The second-order valence-electron chi connectivity index (χ2n) is 9.54. The number of carbonyl (C=O) groups excluding carboxylic acids is 2. The first-order valence-electron chi connectivity index (χ1n) is 12.9. The Morgan fingerprint density at radius 2 is 1.71 bits per heavy atom. The zero-order valence-corrected chi connectivity index (χ0v) is 23.3. The third-order valence-electron chi connectivity index (χ3n) is 6.40. The van der Waals surface area contributed by atoms with Crippen molar-refractivity contribution in [3.05, 3.63) is 78.4 Å². The van der Waals surface area contributed by atoms with E-state index in [1.165, 1.54) is 13.8 Å². The molecule has 0 saturated carbocycles. The fourth-order valence-electron chi connectivity index (χ4n) is 4.38. The van der Waals surface area contributed by atoms with E-state index in [-0.39, 0.29) is 12.4 Å². The Kier molecular flexibility index (Phi) is 10.1. The number of ether oxygens (including phenoxy) is 2. The van der Waals surface area contributed by atoms with Gasteiger partial charge in [-0.3, -0.25) is 14.1 Å². The first kappa shape index (κ1) is 30.6. The Labute approximate surface area is 236 Å². The van der Waals surface area contributed by atoms with E-state index in [1.807, 2.05) is 24.3 Å². The van der Waals surface area contributed by atoms with Gasteiger partial charge in [0.1, 0.15) is 42.8 Å². The van der Waals surface area contributed by atoms with Crippen molar-refractivity contribution in [1.82, 2.24) is 10.4 Å². The van der Waals surface area contributed by atoms with E-state index in [1.54, 1.807) is 48.5 Å². The molecule has 12 nitrogen and oxygen atoms in total. The Balaban J connectivity index is 1.64. The maximum atomic E-state index is 14.4. The number of esters is 1. The van der Waals surface area contributed by atoms with Crippen LogP contribution in [0.4, 0.5) is 0 Å². The van der Waals surface area contributed by atoms with Crippen molar-refractivity contribution in [1.29, 1.82) is 0 Å². The van der Waals surface area contributed by atoms with Crippen LogP contribution in [0.25, 0.3) is 10.8 Å². The molecule has 0 aliphatic carbocycles. The van der Waals surface area contributed by atoms with Crippen LogP contribution in [0.1, 0.15) is 19.4 Å². The Hall–Kier alpha value is -3.35. The summed E-state index contributed by atoms with van der Waals surface area (Å²) in [6.07, 6.45) is -6.32. The summed E-state index contributed by atoms with van der Waals surface area (Å²) in [5, 5.41) is 37.4. The molecule has 2 unspecified atom stereocenters. The van der Waals surface area contributed by atoms with Gasteiger partial charge in [-0.25, -0.2) is 4.57 Å². The molecule has 1 saturated heterocycles. The highest BCUT2D eigenvalue weighted by atomic mass is 31.2. The predicted molar refractivity (Wildman–Crippen MR) is 147 cm³/mol. The van der Waals surface area contributed by atoms with Crippen LogP contribution in [0, 0.1) is 0 Å². The third-order valence-corrected chi connectivity index (χ3v) is 8.06. The summed E-state index contributed by atoms with van der Waals surface area (Å²) in [7, 11) is -4.61. The number of nitrogens with one attached hydrogen (secondary N) is 2. The number of rotatable bonds is 11. The van der Waals surface area contributed by atoms with E-state index in [0.29, 0.717) is 5.39 Å². The first-order valence-corrected chi connectivity index (χ1v) is 14.5. The normalized spacial score (nSPS) is 24.7. The van der Waals surface area contributed by atoms with Crippen LogP contribution in [0.5, 0.6) is 5.75 Å². The molecule has 0 radical (unpaired) electrons. The lowest BCUT2D eigenvalue weighted by Crippen LogP contribution is -2.64.